The van der Waals surface area contributed by atoms with Crippen molar-refractivity contribution in [1.82, 2.24) is 15.2 Å². The van der Waals surface area contributed by atoms with Gasteiger partial charge in [-0.05, 0) is 13.8 Å². The summed E-state index contributed by atoms with van der Waals surface area (Å²) >= 11 is 1.78. The van der Waals surface area contributed by atoms with E-state index in [0.29, 0.717) is 6.04 Å². The van der Waals surface area contributed by atoms with E-state index >= 15 is 0 Å². The summed E-state index contributed by atoms with van der Waals surface area (Å²) in [5.74, 6) is 0. The highest BCUT2D eigenvalue weighted by atomic mass is 32.1. The average Bonchev–Trinajstić information content (AvgIpc) is 2.65. The number of hydrogen-bond donors (Lipinski definition) is 1. The summed E-state index contributed by atoms with van der Waals surface area (Å²) < 4.78 is 0. The summed E-state index contributed by atoms with van der Waals surface area (Å²) in [5, 5.41) is 3.38. The summed E-state index contributed by atoms with van der Waals surface area (Å²) in [6, 6.07) is 0.532. The maximum Gasteiger partial charge on any atom is 0.0798 e. The third kappa shape index (κ3) is 1.97. The molecule has 1 fully saturated rings. The van der Waals surface area contributed by atoms with Gasteiger partial charge >= 0.3 is 0 Å². The van der Waals surface area contributed by atoms with E-state index in [1.165, 1.54) is 10.6 Å². The summed E-state index contributed by atoms with van der Waals surface area (Å²) in [4.78, 5) is 8.26. The molecule has 2 heterocycles. The van der Waals surface area contributed by atoms with Crippen LogP contribution in [0.15, 0.2) is 5.51 Å². The average molecular weight is 211 g/mol. The monoisotopic (exact) mass is 211 g/mol. The van der Waals surface area contributed by atoms with Crippen LogP contribution in [-0.2, 0) is 0 Å². The molecular formula is C10H17N3S. The van der Waals surface area contributed by atoms with E-state index in [9.17, 15) is 0 Å². The lowest BCUT2D eigenvalue weighted by Crippen LogP contribution is -2.44. The van der Waals surface area contributed by atoms with Crippen molar-refractivity contribution in [2.45, 2.75) is 19.9 Å². The minimum atomic E-state index is 0.532. The van der Waals surface area contributed by atoms with Crippen LogP contribution < -0.4 is 5.32 Å². The van der Waals surface area contributed by atoms with Crippen molar-refractivity contribution in [3.8, 4) is 0 Å². The lowest BCUT2D eigenvalue weighted by Gasteiger charge is -2.32. The van der Waals surface area contributed by atoms with Gasteiger partial charge in [0.1, 0.15) is 0 Å². The number of thiazole rings is 1. The molecule has 0 spiro atoms. The van der Waals surface area contributed by atoms with Gasteiger partial charge in [-0.2, -0.15) is 0 Å². The fraction of sp³-hybridized carbons (Fsp3) is 0.700. The quantitative estimate of drug-likeness (QED) is 0.802. The molecule has 0 aromatic carbocycles. The van der Waals surface area contributed by atoms with Crippen LogP contribution in [0.25, 0.3) is 0 Å². The zero-order chi connectivity index (χ0) is 9.97. The first-order chi connectivity index (χ1) is 6.79. The number of aromatic nitrogens is 1. The minimum Gasteiger partial charge on any atom is -0.314 e. The van der Waals surface area contributed by atoms with Crippen LogP contribution in [0, 0.1) is 6.92 Å². The molecule has 0 radical (unpaired) electrons. The van der Waals surface area contributed by atoms with Gasteiger partial charge in [-0.1, -0.05) is 0 Å². The van der Waals surface area contributed by atoms with Crippen LogP contribution >= 0.6 is 11.3 Å². The fourth-order valence-corrected chi connectivity index (χ4v) is 2.84. The van der Waals surface area contributed by atoms with E-state index in [1.807, 2.05) is 5.51 Å². The lowest BCUT2D eigenvalue weighted by atomic mass is 10.2. The summed E-state index contributed by atoms with van der Waals surface area (Å²) in [6.07, 6.45) is 0. The predicted octanol–water partition coefficient (Wildman–Crippen LogP) is 1.42. The van der Waals surface area contributed by atoms with Crippen LogP contribution in [0.4, 0.5) is 0 Å². The Morgan fingerprint density at radius 1 is 1.50 bits per heavy atom. The molecular weight excluding hydrogens is 194 g/mol. The van der Waals surface area contributed by atoms with Crippen molar-refractivity contribution in [3.05, 3.63) is 16.1 Å². The van der Waals surface area contributed by atoms with Gasteiger partial charge in [0.05, 0.1) is 11.2 Å². The summed E-state index contributed by atoms with van der Waals surface area (Å²) in [5.41, 5.74) is 3.14. The number of nitrogens with one attached hydrogen (secondary N) is 1. The molecule has 1 atom stereocenters. The second kappa shape index (κ2) is 4.38. The Morgan fingerprint density at radius 3 is 2.79 bits per heavy atom. The molecule has 0 aliphatic carbocycles. The molecule has 1 aliphatic heterocycles. The van der Waals surface area contributed by atoms with Crippen molar-refractivity contribution < 1.29 is 0 Å². The Morgan fingerprint density at radius 2 is 2.21 bits per heavy atom. The molecule has 1 saturated heterocycles. The molecule has 0 saturated carbocycles. The molecule has 14 heavy (non-hydrogen) atoms. The van der Waals surface area contributed by atoms with Crippen molar-refractivity contribution in [2.24, 2.45) is 0 Å². The van der Waals surface area contributed by atoms with Crippen molar-refractivity contribution in [2.75, 3.05) is 26.2 Å². The number of piperazine rings is 1. The standard InChI is InChI=1S/C10H17N3S/c1-8-10(14-7-12-8)9(2)13-5-3-11-4-6-13/h7,9,11H,3-6H2,1-2H3. The molecule has 3 nitrogen and oxygen atoms in total. The molecule has 0 bridgehead atoms. The Hall–Kier alpha value is -0.450. The topological polar surface area (TPSA) is 28.2 Å². The van der Waals surface area contributed by atoms with Crippen molar-refractivity contribution in [3.63, 3.8) is 0 Å². The van der Waals surface area contributed by atoms with Gasteiger partial charge < -0.3 is 5.32 Å². The number of hydrogen-bond acceptors (Lipinski definition) is 4. The third-order valence-electron chi connectivity index (χ3n) is 2.86. The summed E-state index contributed by atoms with van der Waals surface area (Å²) in [7, 11) is 0. The molecule has 1 aliphatic rings. The predicted molar refractivity (Wildman–Crippen MR) is 59.7 cm³/mol. The molecule has 1 aromatic rings. The Bertz CT molecular complexity index is 291. The van der Waals surface area contributed by atoms with Gasteiger partial charge in [-0.25, -0.2) is 4.98 Å². The van der Waals surface area contributed by atoms with E-state index in [1.54, 1.807) is 11.3 Å². The maximum absolute atomic E-state index is 4.31. The first-order valence-corrected chi connectivity index (χ1v) is 6.02. The van der Waals surface area contributed by atoms with Crippen LogP contribution in [0.2, 0.25) is 0 Å². The van der Waals surface area contributed by atoms with Crippen LogP contribution in [0.5, 0.6) is 0 Å². The fourth-order valence-electron chi connectivity index (χ4n) is 1.95. The maximum atomic E-state index is 4.31. The number of aryl methyl sites for hydroxylation is 1. The molecule has 2 rings (SSSR count). The van der Waals surface area contributed by atoms with Crippen LogP contribution in [0.1, 0.15) is 23.5 Å². The first-order valence-electron chi connectivity index (χ1n) is 5.14. The van der Waals surface area contributed by atoms with Gasteiger partial charge in [0.15, 0.2) is 0 Å². The van der Waals surface area contributed by atoms with E-state index in [4.69, 9.17) is 0 Å². The second-order valence-corrected chi connectivity index (χ2v) is 4.65. The van der Waals surface area contributed by atoms with E-state index in [0.717, 1.165) is 26.2 Å². The second-order valence-electron chi connectivity index (χ2n) is 3.76. The highest BCUT2D eigenvalue weighted by Crippen LogP contribution is 2.26. The van der Waals surface area contributed by atoms with Gasteiger partial charge in [-0.15, -0.1) is 11.3 Å². The molecule has 0 amide bonds. The number of rotatable bonds is 2. The SMILES string of the molecule is Cc1ncsc1C(C)N1CCNCC1. The number of nitrogens with zero attached hydrogens (tertiary/aromatic N) is 2. The van der Waals surface area contributed by atoms with Crippen molar-refractivity contribution in [1.29, 1.82) is 0 Å². The molecule has 78 valence electrons. The molecule has 1 aromatic heterocycles. The Kier molecular flexibility index (Phi) is 3.15. The van der Waals surface area contributed by atoms with Crippen molar-refractivity contribution >= 4 is 11.3 Å². The van der Waals surface area contributed by atoms with Gasteiger partial charge in [-0.3, -0.25) is 4.90 Å². The van der Waals surface area contributed by atoms with Gasteiger partial charge in [0, 0.05) is 37.1 Å². The lowest BCUT2D eigenvalue weighted by molar-refractivity contribution is 0.187. The molecule has 1 N–H and O–H groups in total. The van der Waals surface area contributed by atoms with Crippen LogP contribution in [0.3, 0.4) is 0 Å². The highest BCUT2D eigenvalue weighted by molar-refractivity contribution is 7.09. The van der Waals surface area contributed by atoms with E-state index in [-0.39, 0.29) is 0 Å². The van der Waals surface area contributed by atoms with E-state index in [2.05, 4.69) is 29.0 Å². The van der Waals surface area contributed by atoms with Gasteiger partial charge in [0.25, 0.3) is 0 Å². The minimum absolute atomic E-state index is 0.532. The Balaban J connectivity index is 2.07. The van der Waals surface area contributed by atoms with Gasteiger partial charge in [0.2, 0.25) is 0 Å². The third-order valence-corrected chi connectivity index (χ3v) is 3.96. The largest absolute Gasteiger partial charge is 0.314 e. The smallest absolute Gasteiger partial charge is 0.0798 e. The summed E-state index contributed by atoms with van der Waals surface area (Å²) in [6.45, 7) is 8.91. The zero-order valence-electron chi connectivity index (χ0n) is 8.79. The molecule has 1 unspecified atom stereocenters. The normalized spacial score (nSPS) is 21.0. The highest BCUT2D eigenvalue weighted by Gasteiger charge is 2.20. The van der Waals surface area contributed by atoms with Crippen LogP contribution in [-0.4, -0.2) is 36.1 Å². The zero-order valence-corrected chi connectivity index (χ0v) is 9.60. The van der Waals surface area contributed by atoms with E-state index < -0.39 is 0 Å². The molecule has 4 heteroatoms. The Labute approximate surface area is 89.1 Å². The first kappa shape index (κ1) is 10.1.